The minimum atomic E-state index is -4.13. The van der Waals surface area contributed by atoms with E-state index in [-0.39, 0.29) is 27.4 Å². The molecule has 0 saturated carbocycles. The highest BCUT2D eigenvalue weighted by Crippen LogP contribution is 2.36. The van der Waals surface area contributed by atoms with E-state index in [0.717, 1.165) is 11.3 Å². The van der Waals surface area contributed by atoms with Crippen molar-refractivity contribution in [1.29, 1.82) is 0 Å². The number of fused-ring (bicyclic) bond motifs is 1. The summed E-state index contributed by atoms with van der Waals surface area (Å²) < 4.78 is 49.3. The van der Waals surface area contributed by atoms with Crippen LogP contribution in [-0.4, -0.2) is 39.8 Å². The molecule has 0 unspecified atom stereocenters. The molecule has 4 aromatic rings. The van der Waals surface area contributed by atoms with Crippen LogP contribution in [0.5, 0.6) is 17.2 Å². The highest BCUT2D eigenvalue weighted by molar-refractivity contribution is 7.87. The van der Waals surface area contributed by atoms with Crippen LogP contribution in [0.2, 0.25) is 0 Å². The number of hydrogen-bond acceptors (Lipinski definition) is 10. The second-order valence-corrected chi connectivity index (χ2v) is 11.9. The molecule has 43 heavy (non-hydrogen) atoms. The molecule has 10 nitrogen and oxygen atoms in total. The van der Waals surface area contributed by atoms with E-state index in [1.54, 1.807) is 74.5 Å². The van der Waals surface area contributed by atoms with Gasteiger partial charge in [-0.25, -0.2) is 9.79 Å². The summed E-state index contributed by atoms with van der Waals surface area (Å²) in [5, 5.41) is 0. The lowest BCUT2D eigenvalue weighted by molar-refractivity contribution is -0.139. The molecule has 1 aromatic heterocycles. The normalized spacial score (nSPS) is 15.0. The first-order chi connectivity index (χ1) is 20.7. The lowest BCUT2D eigenvalue weighted by Crippen LogP contribution is -2.40. The van der Waals surface area contributed by atoms with E-state index >= 15 is 0 Å². The van der Waals surface area contributed by atoms with Crippen LogP contribution in [0.3, 0.4) is 0 Å². The topological polar surface area (TPSA) is 122 Å². The van der Waals surface area contributed by atoms with Gasteiger partial charge in [0.1, 0.15) is 10.6 Å². The smallest absolute Gasteiger partial charge is 0.339 e. The van der Waals surface area contributed by atoms with E-state index < -0.39 is 27.7 Å². The number of benzene rings is 3. The number of rotatable bonds is 9. The van der Waals surface area contributed by atoms with Crippen molar-refractivity contribution >= 4 is 33.5 Å². The molecule has 222 valence electrons. The van der Waals surface area contributed by atoms with Gasteiger partial charge in [-0.15, -0.1) is 0 Å². The summed E-state index contributed by atoms with van der Waals surface area (Å²) in [6.07, 6.45) is 1.55. The van der Waals surface area contributed by atoms with Gasteiger partial charge < -0.3 is 18.4 Å². The Morgan fingerprint density at radius 3 is 2.37 bits per heavy atom. The van der Waals surface area contributed by atoms with E-state index in [0.29, 0.717) is 33.1 Å². The number of thiazole rings is 1. The maximum Gasteiger partial charge on any atom is 0.339 e. The average molecular weight is 621 g/mol. The quantitative estimate of drug-likeness (QED) is 0.206. The van der Waals surface area contributed by atoms with Crippen molar-refractivity contribution in [3.63, 3.8) is 0 Å². The first-order valence-electron chi connectivity index (χ1n) is 13.2. The zero-order valence-corrected chi connectivity index (χ0v) is 25.4. The molecule has 12 heteroatoms. The minimum absolute atomic E-state index is 0.000987. The largest absolute Gasteiger partial charge is 0.493 e. The first-order valence-corrected chi connectivity index (χ1v) is 15.4. The molecular formula is C31H28N2O8S2. The van der Waals surface area contributed by atoms with Gasteiger partial charge in [-0.05, 0) is 55.8 Å². The average Bonchev–Trinajstić information content (AvgIpc) is 3.31. The van der Waals surface area contributed by atoms with Crippen molar-refractivity contribution in [3.05, 3.63) is 115 Å². The summed E-state index contributed by atoms with van der Waals surface area (Å²) in [5.74, 6) is 0.365. The Balaban J connectivity index is 1.67. The maximum absolute atomic E-state index is 14.0. The Morgan fingerprint density at radius 1 is 0.977 bits per heavy atom. The first kappa shape index (κ1) is 29.8. The zero-order valence-electron chi connectivity index (χ0n) is 23.8. The molecule has 1 atom stereocenters. The Hall–Kier alpha value is -4.68. The Morgan fingerprint density at radius 2 is 1.67 bits per heavy atom. The molecule has 0 bridgehead atoms. The van der Waals surface area contributed by atoms with Crippen molar-refractivity contribution in [2.24, 2.45) is 4.99 Å². The number of allylic oxidation sites excluding steroid dienone is 1. The SMILES string of the molecule is CCOC(=O)C1=C(C)N=c2sc(=Cc3ccccc3OS(=O)(=O)c3ccccc3)c(=O)n2[C@H]1c1ccc(OC)c(OC)c1. The molecule has 0 aliphatic carbocycles. The van der Waals surface area contributed by atoms with E-state index in [2.05, 4.69) is 4.99 Å². The van der Waals surface area contributed by atoms with Gasteiger partial charge in [-0.3, -0.25) is 9.36 Å². The van der Waals surface area contributed by atoms with Crippen molar-refractivity contribution in [2.45, 2.75) is 24.8 Å². The van der Waals surface area contributed by atoms with E-state index in [9.17, 15) is 18.0 Å². The molecule has 0 spiro atoms. The fourth-order valence-electron chi connectivity index (χ4n) is 4.70. The number of esters is 1. The van der Waals surface area contributed by atoms with Gasteiger partial charge in [0.2, 0.25) is 0 Å². The number of aromatic nitrogens is 1. The molecule has 2 heterocycles. The number of carbonyl (C=O) groups excluding carboxylic acids is 1. The van der Waals surface area contributed by atoms with Crippen molar-refractivity contribution in [1.82, 2.24) is 4.57 Å². The van der Waals surface area contributed by atoms with Crippen LogP contribution in [0.1, 0.15) is 31.0 Å². The summed E-state index contributed by atoms with van der Waals surface area (Å²) >= 11 is 1.11. The van der Waals surface area contributed by atoms with E-state index in [1.165, 1.54) is 37.0 Å². The summed E-state index contributed by atoms with van der Waals surface area (Å²) in [4.78, 5) is 32.2. The predicted molar refractivity (Wildman–Crippen MR) is 161 cm³/mol. The van der Waals surface area contributed by atoms with Crippen LogP contribution in [0.25, 0.3) is 6.08 Å². The zero-order chi connectivity index (χ0) is 30.7. The van der Waals surface area contributed by atoms with Gasteiger partial charge in [-0.2, -0.15) is 8.42 Å². The van der Waals surface area contributed by atoms with Gasteiger partial charge in [0.25, 0.3) is 5.56 Å². The Labute approximate surface area is 251 Å². The third-order valence-corrected chi connectivity index (χ3v) is 8.91. The minimum Gasteiger partial charge on any atom is -0.493 e. The summed E-state index contributed by atoms with van der Waals surface area (Å²) in [6.45, 7) is 3.53. The fraction of sp³-hybridized carbons (Fsp3) is 0.194. The van der Waals surface area contributed by atoms with Gasteiger partial charge >= 0.3 is 16.1 Å². The predicted octanol–water partition coefficient (Wildman–Crippen LogP) is 3.58. The molecule has 0 amide bonds. The Bertz CT molecular complexity index is 2010. The number of hydrogen-bond donors (Lipinski definition) is 0. The number of ether oxygens (including phenoxy) is 3. The van der Waals surface area contributed by atoms with E-state index in [1.807, 2.05) is 0 Å². The number of para-hydroxylation sites is 1. The molecule has 1 aliphatic rings. The highest BCUT2D eigenvalue weighted by atomic mass is 32.2. The van der Waals surface area contributed by atoms with Crippen LogP contribution < -0.4 is 28.5 Å². The highest BCUT2D eigenvalue weighted by Gasteiger charge is 2.34. The number of methoxy groups -OCH3 is 2. The van der Waals surface area contributed by atoms with Crippen molar-refractivity contribution < 1.29 is 31.6 Å². The molecule has 0 N–H and O–H groups in total. The van der Waals surface area contributed by atoms with Gasteiger partial charge in [0.05, 0.1) is 42.7 Å². The standard InChI is InChI=1S/C31H28N2O8S2/c1-5-40-30(35)27-19(2)32-31-33(28(27)21-15-16-24(38-3)25(17-21)39-4)29(34)26(42-31)18-20-11-9-10-14-23(20)41-43(36,37)22-12-7-6-8-13-22/h6-18,28H,5H2,1-4H3/t28-/m0/s1. The third-order valence-electron chi connectivity index (χ3n) is 6.68. The van der Waals surface area contributed by atoms with Crippen LogP contribution in [0.4, 0.5) is 0 Å². The van der Waals surface area contributed by atoms with E-state index in [4.69, 9.17) is 18.4 Å². The lowest BCUT2D eigenvalue weighted by atomic mass is 9.95. The van der Waals surface area contributed by atoms with Crippen LogP contribution in [0.15, 0.2) is 98.7 Å². The molecule has 0 saturated heterocycles. The number of carbonyl (C=O) groups is 1. The second-order valence-electron chi connectivity index (χ2n) is 9.31. The molecule has 1 aliphatic heterocycles. The molecule has 0 fully saturated rings. The number of nitrogens with zero attached hydrogens (tertiary/aromatic N) is 2. The van der Waals surface area contributed by atoms with Gasteiger partial charge in [0.15, 0.2) is 16.3 Å². The van der Waals surface area contributed by atoms with Crippen molar-refractivity contribution in [3.8, 4) is 17.2 Å². The summed E-state index contributed by atoms with van der Waals surface area (Å²) in [7, 11) is -1.11. The summed E-state index contributed by atoms with van der Waals surface area (Å²) in [5.41, 5.74) is 1.14. The second kappa shape index (κ2) is 12.3. The molecular weight excluding hydrogens is 592 g/mol. The van der Waals surface area contributed by atoms with Gasteiger partial charge in [0, 0.05) is 5.56 Å². The van der Waals surface area contributed by atoms with Crippen molar-refractivity contribution in [2.75, 3.05) is 20.8 Å². The monoisotopic (exact) mass is 620 g/mol. The van der Waals surface area contributed by atoms with Gasteiger partial charge in [-0.1, -0.05) is 53.8 Å². The van der Waals surface area contributed by atoms with Crippen LogP contribution in [0, 0.1) is 0 Å². The third kappa shape index (κ3) is 5.84. The van der Waals surface area contributed by atoms with Crippen LogP contribution >= 0.6 is 11.3 Å². The summed E-state index contributed by atoms with van der Waals surface area (Å²) in [6, 6.07) is 18.6. The maximum atomic E-state index is 14.0. The molecule has 3 aromatic carbocycles. The molecule has 5 rings (SSSR count). The van der Waals surface area contributed by atoms with Crippen LogP contribution in [-0.2, 0) is 19.6 Å². The Kier molecular flexibility index (Phi) is 8.51. The fourth-order valence-corrected chi connectivity index (χ4v) is 6.71. The molecule has 0 radical (unpaired) electrons. The lowest BCUT2D eigenvalue weighted by Gasteiger charge is -2.25.